The van der Waals surface area contributed by atoms with E-state index in [0.717, 1.165) is 0 Å². The van der Waals surface area contributed by atoms with Crippen LogP contribution in [0.5, 0.6) is 17.2 Å². The molecule has 2 aromatic rings. The molecule has 0 radical (unpaired) electrons. The van der Waals surface area contributed by atoms with Crippen LogP contribution in [0.4, 0.5) is 4.39 Å². The van der Waals surface area contributed by atoms with Crippen molar-refractivity contribution in [3.8, 4) is 17.2 Å². The van der Waals surface area contributed by atoms with Crippen LogP contribution in [0.1, 0.15) is 25.5 Å². The summed E-state index contributed by atoms with van der Waals surface area (Å²) in [6, 6.07) is 11.1. The maximum absolute atomic E-state index is 13.0. The Bertz CT molecular complexity index is 815. The lowest BCUT2D eigenvalue weighted by molar-refractivity contribution is 0.182. The highest BCUT2D eigenvalue weighted by Gasteiger charge is 2.15. The van der Waals surface area contributed by atoms with Crippen LogP contribution in [0.25, 0.3) is 0 Å². The molecule has 0 aliphatic heterocycles. The van der Waals surface area contributed by atoms with Gasteiger partial charge in [0.1, 0.15) is 35.3 Å². The van der Waals surface area contributed by atoms with E-state index in [1.807, 2.05) is 13.8 Å². The van der Waals surface area contributed by atoms with Gasteiger partial charge in [-0.2, -0.15) is 0 Å². The van der Waals surface area contributed by atoms with E-state index >= 15 is 0 Å². The lowest BCUT2D eigenvalue weighted by Gasteiger charge is -2.18. The zero-order valence-corrected chi connectivity index (χ0v) is 17.8. The molecule has 2 unspecified atom stereocenters. The molecule has 0 saturated carbocycles. The Hall–Kier alpha value is -3.00. The second-order valence-corrected chi connectivity index (χ2v) is 6.61. The van der Waals surface area contributed by atoms with Crippen molar-refractivity contribution in [2.75, 3.05) is 33.9 Å². The number of nitrogens with zero attached hydrogens (tertiary/aromatic N) is 1. The van der Waals surface area contributed by atoms with Crippen molar-refractivity contribution < 1.29 is 23.7 Å². The van der Waals surface area contributed by atoms with Crippen molar-refractivity contribution >= 4 is 5.96 Å². The van der Waals surface area contributed by atoms with Gasteiger partial charge >= 0.3 is 0 Å². The lowest BCUT2D eigenvalue weighted by Crippen LogP contribution is -2.42. The molecule has 0 fully saturated rings. The molecule has 2 aromatic carbocycles. The third-order valence-electron chi connectivity index (χ3n) is 4.27. The van der Waals surface area contributed by atoms with Gasteiger partial charge in [0, 0.05) is 12.1 Å². The number of aliphatic hydroxyl groups is 1. The van der Waals surface area contributed by atoms with Crippen molar-refractivity contribution in [2.24, 2.45) is 4.99 Å². The summed E-state index contributed by atoms with van der Waals surface area (Å²) < 4.78 is 29.3. The number of benzene rings is 2. The fraction of sp³-hybridized carbons (Fsp3) is 0.409. The Labute approximate surface area is 176 Å². The molecule has 0 amide bonds. The molecule has 0 aliphatic carbocycles. The smallest absolute Gasteiger partial charge is 0.191 e. The molecule has 2 rings (SSSR count). The maximum atomic E-state index is 13.0. The number of hydrogen-bond donors (Lipinski definition) is 3. The van der Waals surface area contributed by atoms with Gasteiger partial charge in [-0.15, -0.1) is 0 Å². The van der Waals surface area contributed by atoms with Crippen LogP contribution in [-0.4, -0.2) is 51.0 Å². The zero-order valence-electron chi connectivity index (χ0n) is 17.8. The second kappa shape index (κ2) is 11.9. The number of hydrogen-bond acceptors (Lipinski definition) is 5. The summed E-state index contributed by atoms with van der Waals surface area (Å²) >= 11 is 0. The molecule has 0 heterocycles. The number of rotatable bonds is 10. The number of guanidine groups is 1. The standard InChI is InChI=1S/C22H30FN3O4/c1-5-24-22(25-13-15(2)30-17-8-6-16(23)7-9-17)26-14-20(27)19-12-18(28-3)10-11-21(19)29-4/h6-12,15,20,27H,5,13-14H2,1-4H3,(H2,24,25,26). The first-order valence-corrected chi connectivity index (χ1v) is 9.81. The minimum Gasteiger partial charge on any atom is -0.497 e. The van der Waals surface area contributed by atoms with Gasteiger partial charge in [-0.25, -0.2) is 4.39 Å². The first-order chi connectivity index (χ1) is 14.5. The van der Waals surface area contributed by atoms with E-state index in [-0.39, 0.29) is 18.5 Å². The first kappa shape index (κ1) is 23.3. The summed E-state index contributed by atoms with van der Waals surface area (Å²) in [6.45, 7) is 5.12. The molecule has 164 valence electrons. The molecule has 0 bridgehead atoms. The summed E-state index contributed by atoms with van der Waals surface area (Å²) in [6.07, 6.45) is -1.04. The Kier molecular flexibility index (Phi) is 9.21. The van der Waals surface area contributed by atoms with Crippen LogP contribution in [-0.2, 0) is 0 Å². The highest BCUT2D eigenvalue weighted by atomic mass is 19.1. The molecule has 0 aliphatic rings. The highest BCUT2D eigenvalue weighted by molar-refractivity contribution is 5.79. The molecular weight excluding hydrogens is 389 g/mol. The minimum absolute atomic E-state index is 0.131. The quantitative estimate of drug-likeness (QED) is 0.406. The Morgan fingerprint density at radius 2 is 1.77 bits per heavy atom. The number of methoxy groups -OCH3 is 2. The largest absolute Gasteiger partial charge is 0.497 e. The van der Waals surface area contributed by atoms with Gasteiger partial charge in [-0.3, -0.25) is 4.99 Å². The normalized spacial score (nSPS) is 13.3. The van der Waals surface area contributed by atoms with Gasteiger partial charge < -0.3 is 30.0 Å². The second-order valence-electron chi connectivity index (χ2n) is 6.61. The van der Waals surface area contributed by atoms with Crippen LogP contribution in [0.2, 0.25) is 0 Å². The van der Waals surface area contributed by atoms with Crippen LogP contribution in [0.15, 0.2) is 47.5 Å². The summed E-state index contributed by atoms with van der Waals surface area (Å²) in [5.74, 6) is 2.03. The predicted molar refractivity (Wildman–Crippen MR) is 115 cm³/mol. The Balaban J connectivity index is 1.97. The molecule has 3 N–H and O–H groups in total. The summed E-state index contributed by atoms with van der Waals surface area (Å²) in [5.41, 5.74) is 0.601. The highest BCUT2D eigenvalue weighted by Crippen LogP contribution is 2.29. The van der Waals surface area contributed by atoms with Gasteiger partial charge in [0.05, 0.1) is 27.3 Å². The number of halogens is 1. The number of aliphatic imine (C=N–C) groups is 1. The van der Waals surface area contributed by atoms with Crippen LogP contribution in [0, 0.1) is 5.82 Å². The molecular formula is C22H30FN3O4. The predicted octanol–water partition coefficient (Wildman–Crippen LogP) is 2.90. The number of aliphatic hydroxyl groups excluding tert-OH is 1. The van der Waals surface area contributed by atoms with Gasteiger partial charge in [0.15, 0.2) is 5.96 Å². The van der Waals surface area contributed by atoms with Crippen molar-refractivity contribution in [3.63, 3.8) is 0 Å². The van der Waals surface area contributed by atoms with E-state index < -0.39 is 6.10 Å². The maximum Gasteiger partial charge on any atom is 0.191 e. The molecule has 0 spiro atoms. The van der Waals surface area contributed by atoms with E-state index in [1.54, 1.807) is 44.6 Å². The molecule has 7 nitrogen and oxygen atoms in total. The average Bonchev–Trinajstić information content (AvgIpc) is 2.76. The molecule has 0 saturated heterocycles. The average molecular weight is 419 g/mol. The third-order valence-corrected chi connectivity index (χ3v) is 4.27. The van der Waals surface area contributed by atoms with Crippen molar-refractivity contribution in [2.45, 2.75) is 26.1 Å². The monoisotopic (exact) mass is 419 g/mol. The van der Waals surface area contributed by atoms with E-state index in [2.05, 4.69) is 15.6 Å². The van der Waals surface area contributed by atoms with Crippen molar-refractivity contribution in [3.05, 3.63) is 53.8 Å². The zero-order chi connectivity index (χ0) is 21.9. The van der Waals surface area contributed by atoms with Gasteiger partial charge in [0.25, 0.3) is 0 Å². The Morgan fingerprint density at radius 1 is 1.07 bits per heavy atom. The topological polar surface area (TPSA) is 84.3 Å². The van der Waals surface area contributed by atoms with Crippen LogP contribution in [0.3, 0.4) is 0 Å². The van der Waals surface area contributed by atoms with E-state index in [1.165, 1.54) is 12.1 Å². The molecule has 0 aromatic heterocycles. The van der Waals surface area contributed by atoms with Crippen molar-refractivity contribution in [1.29, 1.82) is 0 Å². The van der Waals surface area contributed by atoms with Gasteiger partial charge in [-0.05, 0) is 56.3 Å². The van der Waals surface area contributed by atoms with Gasteiger partial charge in [0.2, 0.25) is 0 Å². The minimum atomic E-state index is -0.863. The third kappa shape index (κ3) is 7.11. The van der Waals surface area contributed by atoms with E-state index in [4.69, 9.17) is 14.2 Å². The summed E-state index contributed by atoms with van der Waals surface area (Å²) in [5, 5.41) is 16.9. The number of nitrogens with one attached hydrogen (secondary N) is 2. The Morgan fingerprint density at radius 3 is 2.40 bits per heavy atom. The fourth-order valence-electron chi connectivity index (χ4n) is 2.75. The van der Waals surface area contributed by atoms with Gasteiger partial charge in [-0.1, -0.05) is 0 Å². The van der Waals surface area contributed by atoms with E-state index in [0.29, 0.717) is 41.9 Å². The lowest BCUT2D eigenvalue weighted by atomic mass is 10.1. The fourth-order valence-corrected chi connectivity index (χ4v) is 2.75. The number of ether oxygens (including phenoxy) is 3. The SMILES string of the molecule is CCNC(=NCC(O)c1cc(OC)ccc1OC)NCC(C)Oc1ccc(F)cc1. The van der Waals surface area contributed by atoms with Crippen LogP contribution < -0.4 is 24.8 Å². The summed E-state index contributed by atoms with van der Waals surface area (Å²) in [4.78, 5) is 4.45. The molecule has 30 heavy (non-hydrogen) atoms. The van der Waals surface area contributed by atoms with Crippen LogP contribution >= 0.6 is 0 Å². The molecule has 2 atom stereocenters. The van der Waals surface area contributed by atoms with E-state index in [9.17, 15) is 9.50 Å². The summed E-state index contributed by atoms with van der Waals surface area (Å²) in [7, 11) is 3.12. The first-order valence-electron chi connectivity index (χ1n) is 9.81. The molecule has 8 heteroatoms. The van der Waals surface area contributed by atoms with Crippen molar-refractivity contribution in [1.82, 2.24) is 10.6 Å².